The molecule has 5 rings (SSSR count). The van der Waals surface area contributed by atoms with Gasteiger partial charge in [0.2, 0.25) is 11.7 Å². The monoisotopic (exact) mass is 509 g/mol. The van der Waals surface area contributed by atoms with Crippen LogP contribution in [0.1, 0.15) is 40.2 Å². The quantitative estimate of drug-likeness (QED) is 0.215. The first-order valence-electron chi connectivity index (χ1n) is 11.8. The second kappa shape index (κ2) is 9.80. The van der Waals surface area contributed by atoms with Gasteiger partial charge in [-0.2, -0.15) is 13.2 Å². The molecule has 0 atom stereocenters. The average molecular weight is 510 g/mol. The van der Waals surface area contributed by atoms with E-state index in [2.05, 4.69) is 9.97 Å². The third-order valence-electron chi connectivity index (χ3n) is 6.51. The second-order valence-electron chi connectivity index (χ2n) is 9.00. The lowest BCUT2D eigenvalue weighted by Crippen LogP contribution is -2.40. The van der Waals surface area contributed by atoms with E-state index in [4.69, 9.17) is 4.42 Å². The van der Waals surface area contributed by atoms with Gasteiger partial charge in [-0.1, -0.05) is 54.6 Å². The normalized spacial score (nSPS) is 15.5. The maximum Gasteiger partial charge on any atom is 0.452 e. The summed E-state index contributed by atoms with van der Waals surface area (Å²) in [4.78, 5) is 23.0. The van der Waals surface area contributed by atoms with Gasteiger partial charge in [-0.3, -0.25) is 4.79 Å². The van der Waals surface area contributed by atoms with E-state index >= 15 is 4.39 Å². The van der Waals surface area contributed by atoms with E-state index in [9.17, 15) is 18.0 Å². The lowest BCUT2D eigenvalue weighted by Gasteiger charge is -2.37. The molecule has 2 aromatic heterocycles. The highest BCUT2D eigenvalue weighted by molar-refractivity contribution is 5.97. The number of benzene rings is 2. The van der Waals surface area contributed by atoms with Crippen molar-refractivity contribution in [2.24, 2.45) is 0 Å². The Morgan fingerprint density at radius 3 is 2.19 bits per heavy atom. The minimum atomic E-state index is -4.87. The van der Waals surface area contributed by atoms with Crippen molar-refractivity contribution < 1.29 is 26.8 Å². The number of pyridine rings is 1. The molecule has 0 radical (unpaired) electrons. The topological polar surface area (TPSA) is 59.2 Å². The van der Waals surface area contributed by atoms with Gasteiger partial charge in [0.1, 0.15) is 11.5 Å². The Morgan fingerprint density at radius 1 is 0.946 bits per heavy atom. The number of hydrogen-bond acceptors (Lipinski definition) is 5. The van der Waals surface area contributed by atoms with Crippen LogP contribution in [0.25, 0.3) is 11.5 Å². The van der Waals surface area contributed by atoms with E-state index < -0.39 is 29.1 Å². The van der Waals surface area contributed by atoms with Crippen molar-refractivity contribution in [2.75, 3.05) is 18.0 Å². The number of nitrogens with zero attached hydrogens (tertiary/aromatic N) is 3. The summed E-state index contributed by atoms with van der Waals surface area (Å²) >= 11 is 0. The number of ketones is 1. The van der Waals surface area contributed by atoms with Crippen LogP contribution in [0.2, 0.25) is 0 Å². The van der Waals surface area contributed by atoms with Crippen LogP contribution < -0.4 is 4.90 Å². The number of carbonyl (C=O) groups is 1. The molecular formula is C28H23F4N3O2. The summed E-state index contributed by atoms with van der Waals surface area (Å²) in [5.74, 6) is -1.89. The molecule has 190 valence electrons. The predicted molar refractivity (Wildman–Crippen MR) is 130 cm³/mol. The van der Waals surface area contributed by atoms with Gasteiger partial charge < -0.3 is 9.32 Å². The molecule has 1 saturated heterocycles. The number of hydrogen-bond donors (Lipinski definition) is 0. The smallest absolute Gasteiger partial charge is 0.431 e. The Balaban J connectivity index is 1.28. The molecule has 37 heavy (non-hydrogen) atoms. The second-order valence-corrected chi connectivity index (χ2v) is 9.00. The third kappa shape index (κ3) is 5.26. The van der Waals surface area contributed by atoms with Crippen molar-refractivity contribution in [3.8, 4) is 11.5 Å². The number of rotatable bonds is 6. The highest BCUT2D eigenvalue weighted by Gasteiger charge is 2.42. The summed E-state index contributed by atoms with van der Waals surface area (Å²) in [5.41, 5.74) is -0.711. The van der Waals surface area contributed by atoms with Gasteiger partial charge in [-0.15, -0.1) is 0 Å². The number of oxazole rings is 1. The number of alkyl halides is 4. The van der Waals surface area contributed by atoms with Gasteiger partial charge in [0.15, 0.2) is 11.5 Å². The van der Waals surface area contributed by atoms with Crippen molar-refractivity contribution in [2.45, 2.75) is 31.1 Å². The van der Waals surface area contributed by atoms with Crippen LogP contribution in [0.3, 0.4) is 0 Å². The summed E-state index contributed by atoms with van der Waals surface area (Å²) in [6, 6.07) is 20.5. The van der Waals surface area contributed by atoms with Crippen LogP contribution in [0.15, 0.2) is 83.4 Å². The molecule has 3 heterocycles. The van der Waals surface area contributed by atoms with E-state index in [1.165, 1.54) is 6.20 Å². The fourth-order valence-electron chi connectivity index (χ4n) is 4.50. The molecule has 1 aliphatic heterocycles. The zero-order valence-electron chi connectivity index (χ0n) is 19.7. The molecule has 0 N–H and O–H groups in total. The van der Waals surface area contributed by atoms with Crippen LogP contribution in [-0.4, -0.2) is 28.8 Å². The lowest BCUT2D eigenvalue weighted by molar-refractivity contribution is -0.153. The van der Waals surface area contributed by atoms with Crippen LogP contribution >= 0.6 is 0 Å². The molecule has 0 spiro atoms. The summed E-state index contributed by atoms with van der Waals surface area (Å²) in [7, 11) is 0. The average Bonchev–Trinajstić information content (AvgIpc) is 3.38. The summed E-state index contributed by atoms with van der Waals surface area (Å²) in [6.07, 6.45) is -3.11. The zero-order valence-corrected chi connectivity index (χ0v) is 19.7. The van der Waals surface area contributed by atoms with E-state index in [0.717, 1.165) is 0 Å². The fourth-order valence-corrected chi connectivity index (χ4v) is 4.50. The molecule has 5 nitrogen and oxygen atoms in total. The van der Waals surface area contributed by atoms with Gasteiger partial charge in [-0.05, 0) is 29.3 Å². The van der Waals surface area contributed by atoms with E-state index in [1.807, 2.05) is 23.1 Å². The van der Waals surface area contributed by atoms with E-state index in [0.29, 0.717) is 48.4 Å². The van der Waals surface area contributed by atoms with Crippen LogP contribution in [0.5, 0.6) is 0 Å². The molecule has 1 fully saturated rings. The summed E-state index contributed by atoms with van der Waals surface area (Å²) in [5, 5.41) is 0. The molecule has 0 unspecified atom stereocenters. The molecule has 4 aromatic rings. The van der Waals surface area contributed by atoms with Gasteiger partial charge in [-0.25, -0.2) is 14.4 Å². The molecule has 0 saturated carbocycles. The van der Waals surface area contributed by atoms with Crippen molar-refractivity contribution >= 4 is 11.6 Å². The van der Waals surface area contributed by atoms with E-state index in [1.54, 1.807) is 54.6 Å². The standard InChI is InChI=1S/C28H23F4N3O2/c29-27(21-9-5-2-6-10-21)13-15-35(16-14-27)23-12-11-19(18-33-23)17-22(36)24-25(28(30,31)32)37-26(34-24)20-7-3-1-4-8-20/h1-12,18H,13-17H2. The predicted octanol–water partition coefficient (Wildman–Crippen LogP) is 6.65. The first kappa shape index (κ1) is 24.7. The fraction of sp³-hybridized carbons (Fsp3) is 0.250. The van der Waals surface area contributed by atoms with Crippen LogP contribution in [0, 0.1) is 0 Å². The van der Waals surface area contributed by atoms with Gasteiger partial charge in [0, 0.05) is 44.1 Å². The number of aromatic nitrogens is 2. The number of halogens is 4. The SMILES string of the molecule is O=C(Cc1ccc(N2CCC(F)(c3ccccc3)CC2)nc1)c1nc(-c2ccccc2)oc1C(F)(F)F. The maximum absolute atomic E-state index is 15.4. The van der Waals surface area contributed by atoms with E-state index in [-0.39, 0.29) is 12.3 Å². The highest BCUT2D eigenvalue weighted by Crippen LogP contribution is 2.38. The van der Waals surface area contributed by atoms with Crippen molar-refractivity contribution in [1.29, 1.82) is 0 Å². The summed E-state index contributed by atoms with van der Waals surface area (Å²) in [6.45, 7) is 0.930. The number of Topliss-reactive ketones (excluding diaryl/α,β-unsaturated/α-hetero) is 1. The van der Waals surface area contributed by atoms with Gasteiger partial charge in [0.25, 0.3) is 0 Å². The number of anilines is 1. The molecule has 0 amide bonds. The Morgan fingerprint density at radius 2 is 1.59 bits per heavy atom. The first-order valence-corrected chi connectivity index (χ1v) is 11.8. The molecule has 9 heteroatoms. The largest absolute Gasteiger partial charge is 0.452 e. The molecule has 0 aliphatic carbocycles. The van der Waals surface area contributed by atoms with Crippen molar-refractivity contribution in [3.63, 3.8) is 0 Å². The number of piperidine rings is 1. The van der Waals surface area contributed by atoms with Crippen LogP contribution in [0.4, 0.5) is 23.4 Å². The number of carbonyl (C=O) groups excluding carboxylic acids is 1. The zero-order chi connectivity index (χ0) is 26.0. The molecule has 1 aliphatic rings. The molecular weight excluding hydrogens is 486 g/mol. The summed E-state index contributed by atoms with van der Waals surface area (Å²) < 4.78 is 61.1. The van der Waals surface area contributed by atoms with Crippen molar-refractivity contribution in [3.05, 3.63) is 102 Å². The van der Waals surface area contributed by atoms with Crippen LogP contribution in [-0.2, 0) is 18.3 Å². The molecule has 0 bridgehead atoms. The lowest BCUT2D eigenvalue weighted by atomic mass is 9.86. The Kier molecular flexibility index (Phi) is 6.54. The Bertz CT molecular complexity index is 1360. The Labute approximate surface area is 210 Å². The first-order chi connectivity index (χ1) is 17.7. The van der Waals surface area contributed by atoms with Gasteiger partial charge in [0.05, 0.1) is 0 Å². The maximum atomic E-state index is 15.4. The third-order valence-corrected chi connectivity index (χ3v) is 6.51. The minimum absolute atomic E-state index is 0.269. The Hall–Kier alpha value is -4.01. The van der Waals surface area contributed by atoms with Gasteiger partial charge >= 0.3 is 6.18 Å². The molecule has 2 aromatic carbocycles. The van der Waals surface area contributed by atoms with Crippen molar-refractivity contribution in [1.82, 2.24) is 9.97 Å². The highest BCUT2D eigenvalue weighted by atomic mass is 19.4. The minimum Gasteiger partial charge on any atom is -0.431 e.